The molecule has 1 aromatic rings. The lowest BCUT2D eigenvalue weighted by Gasteiger charge is -2.35. The third-order valence-corrected chi connectivity index (χ3v) is 3.52. The maximum atomic E-state index is 12.8. The van der Waals surface area contributed by atoms with E-state index in [0.29, 0.717) is 5.56 Å². The molecule has 1 atom stereocenters. The first-order chi connectivity index (χ1) is 9.01. The normalized spacial score (nSPS) is 14.6. The van der Waals surface area contributed by atoms with Crippen LogP contribution in [0.15, 0.2) is 36.4 Å². The van der Waals surface area contributed by atoms with Gasteiger partial charge in [-0.2, -0.15) is 0 Å². The van der Waals surface area contributed by atoms with Crippen molar-refractivity contribution < 1.29 is 9.53 Å². The molecule has 1 rings (SSSR count). The zero-order valence-corrected chi connectivity index (χ0v) is 12.4. The van der Waals surface area contributed by atoms with E-state index in [0.717, 1.165) is 12.2 Å². The van der Waals surface area contributed by atoms with Crippen LogP contribution < -0.4 is 4.74 Å². The summed E-state index contributed by atoms with van der Waals surface area (Å²) < 4.78 is 5.12. The predicted octanol–water partition coefficient (Wildman–Crippen LogP) is 3.16. The molecule has 0 spiro atoms. The number of carbonyl (C=O) groups is 1. The Morgan fingerprint density at radius 1 is 1.32 bits per heavy atom. The summed E-state index contributed by atoms with van der Waals surface area (Å²) in [5.41, 5.74) is 0.123. The monoisotopic (exact) mass is 261 g/mol. The minimum Gasteiger partial charge on any atom is -0.497 e. The predicted molar refractivity (Wildman–Crippen MR) is 78.8 cm³/mol. The highest BCUT2D eigenvalue weighted by atomic mass is 16.5. The first-order valence-electron chi connectivity index (χ1n) is 6.52. The van der Waals surface area contributed by atoms with E-state index in [2.05, 4.69) is 0 Å². The fourth-order valence-corrected chi connectivity index (χ4v) is 2.29. The molecule has 19 heavy (non-hydrogen) atoms. The van der Waals surface area contributed by atoms with Crippen molar-refractivity contribution in [1.82, 2.24) is 4.90 Å². The average molecular weight is 261 g/mol. The van der Waals surface area contributed by atoms with Crippen molar-refractivity contribution in [3.05, 3.63) is 42.0 Å². The van der Waals surface area contributed by atoms with Gasteiger partial charge in [0.25, 0.3) is 0 Å². The molecule has 0 saturated heterocycles. The first kappa shape index (κ1) is 15.4. The Bertz CT molecular complexity index is 448. The van der Waals surface area contributed by atoms with Crippen molar-refractivity contribution in [1.29, 1.82) is 0 Å². The van der Waals surface area contributed by atoms with Crippen molar-refractivity contribution in [2.45, 2.75) is 25.8 Å². The minimum absolute atomic E-state index is 0.112. The van der Waals surface area contributed by atoms with E-state index in [1.165, 1.54) is 0 Å². The zero-order chi connectivity index (χ0) is 14.5. The van der Waals surface area contributed by atoms with Gasteiger partial charge in [-0.05, 0) is 51.7 Å². The second kappa shape index (κ2) is 6.53. The maximum absolute atomic E-state index is 12.8. The molecule has 1 aromatic carbocycles. The summed E-state index contributed by atoms with van der Waals surface area (Å²) >= 11 is 0. The summed E-state index contributed by atoms with van der Waals surface area (Å²) in [6.07, 6.45) is 4.64. The molecule has 0 saturated carbocycles. The van der Waals surface area contributed by atoms with Crippen molar-refractivity contribution in [3.63, 3.8) is 0 Å². The number of benzene rings is 1. The van der Waals surface area contributed by atoms with Crippen LogP contribution in [0.1, 0.15) is 30.6 Å². The van der Waals surface area contributed by atoms with Crippen LogP contribution >= 0.6 is 0 Å². The van der Waals surface area contributed by atoms with Crippen LogP contribution in [0.4, 0.5) is 0 Å². The molecule has 0 N–H and O–H groups in total. The van der Waals surface area contributed by atoms with E-state index in [1.54, 1.807) is 7.11 Å². The Balaban J connectivity index is 3.18. The fourth-order valence-electron chi connectivity index (χ4n) is 2.29. The van der Waals surface area contributed by atoms with Crippen LogP contribution in [0.3, 0.4) is 0 Å². The number of Topliss-reactive ketones (excluding diaryl/α,β-unsaturated/α-hetero) is 1. The van der Waals surface area contributed by atoms with Gasteiger partial charge in [0.05, 0.1) is 7.11 Å². The van der Waals surface area contributed by atoms with Crippen LogP contribution in [0.5, 0.6) is 5.75 Å². The maximum Gasteiger partial charge on any atom is 0.186 e. The molecular weight excluding hydrogens is 238 g/mol. The van der Waals surface area contributed by atoms with Gasteiger partial charge < -0.3 is 4.74 Å². The highest BCUT2D eigenvalue weighted by molar-refractivity contribution is 6.04. The van der Waals surface area contributed by atoms with E-state index in [4.69, 9.17) is 4.74 Å². The third kappa shape index (κ3) is 3.04. The van der Waals surface area contributed by atoms with Crippen LogP contribution in [0.25, 0.3) is 0 Å². The number of ketones is 1. The molecule has 3 nitrogen and oxygen atoms in total. The molecule has 0 amide bonds. The van der Waals surface area contributed by atoms with E-state index >= 15 is 0 Å². The molecule has 104 valence electrons. The Kier molecular flexibility index (Phi) is 5.31. The van der Waals surface area contributed by atoms with Crippen LogP contribution in [-0.4, -0.2) is 37.4 Å². The highest BCUT2D eigenvalue weighted by Gasteiger charge is 2.36. The van der Waals surface area contributed by atoms with Crippen molar-refractivity contribution in [2.75, 3.05) is 21.2 Å². The Hall–Kier alpha value is -1.61. The van der Waals surface area contributed by atoms with Gasteiger partial charge in [-0.15, -0.1) is 0 Å². The topological polar surface area (TPSA) is 29.5 Å². The van der Waals surface area contributed by atoms with E-state index in [-0.39, 0.29) is 5.78 Å². The molecule has 0 bridgehead atoms. The van der Waals surface area contributed by atoms with Gasteiger partial charge in [-0.1, -0.05) is 19.1 Å². The highest BCUT2D eigenvalue weighted by Crippen LogP contribution is 2.25. The quantitative estimate of drug-likeness (QED) is 0.582. The number of rotatable bonds is 6. The van der Waals surface area contributed by atoms with Gasteiger partial charge in [0.1, 0.15) is 11.3 Å². The number of carbonyl (C=O) groups excluding carboxylic acids is 1. The van der Waals surface area contributed by atoms with Gasteiger partial charge in [-0.3, -0.25) is 9.69 Å². The molecule has 1 unspecified atom stereocenters. The number of likely N-dealkylation sites (N-methyl/N-ethyl adjacent to an activating group) is 1. The Morgan fingerprint density at radius 3 is 2.26 bits per heavy atom. The summed E-state index contributed by atoms with van der Waals surface area (Å²) in [6.45, 7) is 3.97. The van der Waals surface area contributed by atoms with Gasteiger partial charge >= 0.3 is 0 Å². The van der Waals surface area contributed by atoms with Crippen molar-refractivity contribution in [2.24, 2.45) is 0 Å². The largest absolute Gasteiger partial charge is 0.497 e. The molecular formula is C16H23NO2. The number of hydrogen-bond donors (Lipinski definition) is 0. The Morgan fingerprint density at radius 2 is 1.89 bits per heavy atom. The zero-order valence-electron chi connectivity index (χ0n) is 12.4. The molecule has 0 heterocycles. The molecule has 3 heteroatoms. The van der Waals surface area contributed by atoms with Crippen LogP contribution in [-0.2, 0) is 0 Å². The SMILES string of the molecule is CC=CC(CC)(C(=O)c1ccc(OC)cc1)N(C)C. The number of allylic oxidation sites excluding steroid dienone is 1. The molecule has 0 radical (unpaired) electrons. The van der Waals surface area contributed by atoms with Gasteiger partial charge in [-0.25, -0.2) is 0 Å². The molecule has 0 fully saturated rings. The van der Waals surface area contributed by atoms with Crippen LogP contribution in [0.2, 0.25) is 0 Å². The number of nitrogens with zero attached hydrogens (tertiary/aromatic N) is 1. The van der Waals surface area contributed by atoms with E-state index < -0.39 is 5.54 Å². The lowest BCUT2D eigenvalue weighted by Crippen LogP contribution is -2.49. The summed E-state index contributed by atoms with van der Waals surface area (Å²) in [4.78, 5) is 14.8. The summed E-state index contributed by atoms with van der Waals surface area (Å²) in [6, 6.07) is 7.27. The average Bonchev–Trinajstić information content (AvgIpc) is 2.44. The summed E-state index contributed by atoms with van der Waals surface area (Å²) in [7, 11) is 5.49. The van der Waals surface area contributed by atoms with Crippen LogP contribution in [0, 0.1) is 0 Å². The van der Waals surface area contributed by atoms with Crippen molar-refractivity contribution in [3.8, 4) is 5.75 Å². The summed E-state index contributed by atoms with van der Waals surface area (Å²) in [5, 5.41) is 0. The second-order valence-electron chi connectivity index (χ2n) is 4.73. The van der Waals surface area contributed by atoms with E-state index in [9.17, 15) is 4.79 Å². The van der Waals surface area contributed by atoms with Crippen molar-refractivity contribution >= 4 is 5.78 Å². The minimum atomic E-state index is -0.580. The second-order valence-corrected chi connectivity index (χ2v) is 4.73. The smallest absolute Gasteiger partial charge is 0.186 e. The fraction of sp³-hybridized carbons (Fsp3) is 0.438. The number of methoxy groups -OCH3 is 1. The standard InChI is InChI=1S/C16H23NO2/c1-6-12-16(7-2,17(3)4)15(18)13-8-10-14(19-5)11-9-13/h6,8-12H,7H2,1-5H3. The third-order valence-electron chi connectivity index (χ3n) is 3.52. The summed E-state index contributed by atoms with van der Waals surface area (Å²) in [5.74, 6) is 0.871. The lowest BCUT2D eigenvalue weighted by atomic mass is 9.85. The molecule has 0 aliphatic rings. The molecule has 0 aromatic heterocycles. The molecule has 0 aliphatic carbocycles. The lowest BCUT2D eigenvalue weighted by molar-refractivity contribution is 0.0767. The first-order valence-corrected chi connectivity index (χ1v) is 6.52. The number of hydrogen-bond acceptors (Lipinski definition) is 3. The molecule has 0 aliphatic heterocycles. The van der Waals surface area contributed by atoms with Gasteiger partial charge in [0.15, 0.2) is 5.78 Å². The Labute approximate surface area is 115 Å². The van der Waals surface area contributed by atoms with E-state index in [1.807, 2.05) is 69.3 Å². The van der Waals surface area contributed by atoms with Gasteiger partial charge in [0.2, 0.25) is 0 Å². The van der Waals surface area contributed by atoms with Gasteiger partial charge in [0, 0.05) is 5.56 Å². The number of ether oxygens (including phenoxy) is 1.